The highest BCUT2D eigenvalue weighted by Gasteiger charge is 2.49. The van der Waals surface area contributed by atoms with Crippen molar-refractivity contribution >= 4 is 6.09 Å². The number of fused-ring (bicyclic) bond motifs is 1. The predicted molar refractivity (Wildman–Crippen MR) is 61.4 cm³/mol. The van der Waals surface area contributed by atoms with Crippen molar-refractivity contribution in [3.05, 3.63) is 11.3 Å². The molecule has 3 unspecified atom stereocenters. The third-order valence-electron chi connectivity index (χ3n) is 4.07. The fourth-order valence-electron chi connectivity index (χ4n) is 2.89. The van der Waals surface area contributed by atoms with Gasteiger partial charge >= 0.3 is 6.09 Å². The molecule has 0 aromatic rings. The van der Waals surface area contributed by atoms with Crippen LogP contribution in [0.15, 0.2) is 11.3 Å². The van der Waals surface area contributed by atoms with Crippen LogP contribution in [-0.4, -0.2) is 12.7 Å². The van der Waals surface area contributed by atoms with E-state index in [4.69, 9.17) is 16.2 Å². The zero-order valence-corrected chi connectivity index (χ0v) is 9.74. The Morgan fingerprint density at radius 2 is 2.00 bits per heavy atom. The van der Waals surface area contributed by atoms with Gasteiger partial charge in [0.05, 0.1) is 6.61 Å². The Kier molecular flexibility index (Phi) is 3.08. The first-order valence-corrected chi connectivity index (χ1v) is 5.96. The first kappa shape index (κ1) is 11.3. The first-order chi connectivity index (χ1) is 7.59. The molecule has 16 heavy (non-hydrogen) atoms. The topological polar surface area (TPSA) is 78.3 Å². The first-order valence-electron chi connectivity index (χ1n) is 5.96. The molecule has 90 valence electrons. The molecule has 0 aromatic carbocycles. The molecule has 2 rings (SSSR count). The van der Waals surface area contributed by atoms with E-state index in [0.29, 0.717) is 24.4 Å². The molecule has 0 radical (unpaired) electrons. The summed E-state index contributed by atoms with van der Waals surface area (Å²) in [6.45, 7) is 2.61. The summed E-state index contributed by atoms with van der Waals surface area (Å²) in [5, 5.41) is 0. The van der Waals surface area contributed by atoms with Crippen molar-refractivity contribution in [3.8, 4) is 0 Å². The minimum absolute atomic E-state index is 0.490. The Labute approximate surface area is 96.0 Å². The van der Waals surface area contributed by atoms with E-state index in [1.165, 1.54) is 12.0 Å². The fraction of sp³-hybridized carbons (Fsp3) is 0.750. The second kappa shape index (κ2) is 4.36. The van der Waals surface area contributed by atoms with Gasteiger partial charge in [-0.15, -0.1) is 0 Å². The lowest BCUT2D eigenvalue weighted by molar-refractivity contribution is 0.147. The standard InChI is InChI=1S/C12H20N2O2/c1-7-2-3-8-9(4-5-11(7)13)10(8)6-16-12(14)15/h8-10H,2-6,13H2,1H3,(H2,14,15)/b11-7+. The number of amides is 1. The summed E-state index contributed by atoms with van der Waals surface area (Å²) < 4.78 is 4.89. The molecule has 2 aliphatic rings. The van der Waals surface area contributed by atoms with Crippen LogP contribution in [0.5, 0.6) is 0 Å². The predicted octanol–water partition coefficient (Wildman–Crippen LogP) is 1.75. The summed E-state index contributed by atoms with van der Waals surface area (Å²) in [4.78, 5) is 10.5. The molecule has 0 bridgehead atoms. The van der Waals surface area contributed by atoms with Gasteiger partial charge in [0.15, 0.2) is 0 Å². The van der Waals surface area contributed by atoms with E-state index in [1.807, 2.05) is 0 Å². The smallest absolute Gasteiger partial charge is 0.404 e. The molecular weight excluding hydrogens is 204 g/mol. The number of nitrogens with two attached hydrogens (primary N) is 2. The van der Waals surface area contributed by atoms with Crippen molar-refractivity contribution in [2.45, 2.75) is 32.6 Å². The number of allylic oxidation sites excluding steroid dienone is 2. The average molecular weight is 224 g/mol. The van der Waals surface area contributed by atoms with Gasteiger partial charge in [-0.25, -0.2) is 4.79 Å². The fourth-order valence-corrected chi connectivity index (χ4v) is 2.89. The van der Waals surface area contributed by atoms with Gasteiger partial charge in [-0.1, -0.05) is 5.57 Å². The zero-order valence-electron chi connectivity index (χ0n) is 9.74. The quantitative estimate of drug-likeness (QED) is 0.750. The van der Waals surface area contributed by atoms with Gasteiger partial charge in [0.25, 0.3) is 0 Å². The minimum Gasteiger partial charge on any atom is -0.449 e. The lowest BCUT2D eigenvalue weighted by atomic mass is 9.99. The molecule has 1 saturated carbocycles. The van der Waals surface area contributed by atoms with E-state index in [-0.39, 0.29) is 0 Å². The van der Waals surface area contributed by atoms with E-state index in [1.54, 1.807) is 0 Å². The van der Waals surface area contributed by atoms with Crippen LogP contribution in [0.3, 0.4) is 0 Å². The molecule has 2 aliphatic carbocycles. The van der Waals surface area contributed by atoms with Gasteiger partial charge in [-0.3, -0.25) is 0 Å². The molecule has 3 atom stereocenters. The molecule has 4 heteroatoms. The van der Waals surface area contributed by atoms with Crippen molar-refractivity contribution in [3.63, 3.8) is 0 Å². The van der Waals surface area contributed by atoms with Gasteiger partial charge in [0.1, 0.15) is 0 Å². The molecule has 0 saturated heterocycles. The summed E-state index contributed by atoms with van der Waals surface area (Å²) in [5.74, 6) is 1.92. The van der Waals surface area contributed by atoms with E-state index in [0.717, 1.165) is 25.0 Å². The molecule has 0 aliphatic heterocycles. The number of hydrogen-bond acceptors (Lipinski definition) is 3. The summed E-state index contributed by atoms with van der Waals surface area (Å²) in [6, 6.07) is 0. The van der Waals surface area contributed by atoms with Crippen LogP contribution in [0.25, 0.3) is 0 Å². The Morgan fingerprint density at radius 1 is 1.38 bits per heavy atom. The normalized spacial score (nSPS) is 38.2. The lowest BCUT2D eigenvalue weighted by Crippen LogP contribution is -2.15. The van der Waals surface area contributed by atoms with Crippen LogP contribution in [0, 0.1) is 17.8 Å². The Hall–Kier alpha value is -1.19. The van der Waals surface area contributed by atoms with E-state index >= 15 is 0 Å². The molecular formula is C12H20N2O2. The van der Waals surface area contributed by atoms with Crippen LogP contribution in [0.1, 0.15) is 32.6 Å². The molecule has 0 spiro atoms. The van der Waals surface area contributed by atoms with E-state index < -0.39 is 6.09 Å². The molecule has 4 N–H and O–H groups in total. The second-order valence-electron chi connectivity index (χ2n) is 5.00. The molecule has 0 aromatic heterocycles. The zero-order chi connectivity index (χ0) is 11.7. The van der Waals surface area contributed by atoms with Crippen LogP contribution in [0.2, 0.25) is 0 Å². The Balaban J connectivity index is 1.86. The van der Waals surface area contributed by atoms with Crippen LogP contribution < -0.4 is 11.5 Å². The van der Waals surface area contributed by atoms with E-state index in [9.17, 15) is 4.79 Å². The van der Waals surface area contributed by atoms with Crippen LogP contribution in [-0.2, 0) is 4.74 Å². The maximum atomic E-state index is 10.5. The Morgan fingerprint density at radius 3 is 2.62 bits per heavy atom. The molecule has 0 heterocycles. The largest absolute Gasteiger partial charge is 0.449 e. The highest BCUT2D eigenvalue weighted by atomic mass is 16.5. The van der Waals surface area contributed by atoms with Gasteiger partial charge in [-0.05, 0) is 50.4 Å². The average Bonchev–Trinajstić information content (AvgIpc) is 2.89. The maximum Gasteiger partial charge on any atom is 0.404 e. The molecule has 4 nitrogen and oxygen atoms in total. The van der Waals surface area contributed by atoms with Crippen molar-refractivity contribution in [2.75, 3.05) is 6.61 Å². The lowest BCUT2D eigenvalue weighted by Gasteiger charge is -2.10. The molecule has 1 fully saturated rings. The van der Waals surface area contributed by atoms with Gasteiger partial charge < -0.3 is 16.2 Å². The minimum atomic E-state index is -0.659. The highest BCUT2D eigenvalue weighted by Crippen LogP contribution is 2.53. The number of hydrogen-bond donors (Lipinski definition) is 2. The van der Waals surface area contributed by atoms with Crippen LogP contribution in [0.4, 0.5) is 4.79 Å². The number of carbonyl (C=O) groups excluding carboxylic acids is 1. The third kappa shape index (κ3) is 2.31. The third-order valence-corrected chi connectivity index (χ3v) is 4.07. The van der Waals surface area contributed by atoms with Gasteiger partial charge in [0.2, 0.25) is 0 Å². The summed E-state index contributed by atoms with van der Waals surface area (Å²) in [7, 11) is 0. The van der Waals surface area contributed by atoms with Crippen molar-refractivity contribution in [1.82, 2.24) is 0 Å². The monoisotopic (exact) mass is 224 g/mol. The van der Waals surface area contributed by atoms with Gasteiger partial charge in [0, 0.05) is 5.70 Å². The van der Waals surface area contributed by atoms with Crippen molar-refractivity contribution < 1.29 is 9.53 Å². The van der Waals surface area contributed by atoms with E-state index in [2.05, 4.69) is 6.92 Å². The number of carbonyl (C=O) groups is 1. The number of ether oxygens (including phenoxy) is 1. The van der Waals surface area contributed by atoms with Crippen molar-refractivity contribution in [2.24, 2.45) is 29.2 Å². The number of rotatable bonds is 2. The summed E-state index contributed by atoms with van der Waals surface area (Å²) in [5.41, 5.74) is 13.3. The highest BCUT2D eigenvalue weighted by molar-refractivity contribution is 5.64. The SMILES string of the molecule is C/C1=C(\N)CCC2C(CC1)C2COC(N)=O. The van der Waals surface area contributed by atoms with Crippen molar-refractivity contribution in [1.29, 1.82) is 0 Å². The van der Waals surface area contributed by atoms with Gasteiger partial charge in [-0.2, -0.15) is 0 Å². The Bertz CT molecular complexity index is 303. The summed E-state index contributed by atoms with van der Waals surface area (Å²) in [6.07, 6.45) is 3.71. The molecule has 1 amide bonds. The second-order valence-corrected chi connectivity index (χ2v) is 5.00. The van der Waals surface area contributed by atoms with Crippen LogP contribution >= 0.6 is 0 Å². The number of primary amides is 1. The maximum absolute atomic E-state index is 10.5. The summed E-state index contributed by atoms with van der Waals surface area (Å²) >= 11 is 0.